The molecule has 32 heavy (non-hydrogen) atoms. The second-order valence-electron chi connectivity index (χ2n) is 8.05. The van der Waals surface area contributed by atoms with Crippen LogP contribution in [0.15, 0.2) is 36.5 Å². The summed E-state index contributed by atoms with van der Waals surface area (Å²) >= 11 is 1.49. The highest BCUT2D eigenvalue weighted by Crippen LogP contribution is 2.35. The van der Waals surface area contributed by atoms with Gasteiger partial charge in [-0.1, -0.05) is 25.2 Å². The van der Waals surface area contributed by atoms with Crippen LogP contribution in [0, 0.1) is 5.92 Å². The summed E-state index contributed by atoms with van der Waals surface area (Å²) in [5.41, 5.74) is 1.11. The first-order valence-corrected chi connectivity index (χ1v) is 11.6. The van der Waals surface area contributed by atoms with Crippen LogP contribution in [0.3, 0.4) is 0 Å². The van der Waals surface area contributed by atoms with Gasteiger partial charge in [-0.15, -0.1) is 0 Å². The van der Waals surface area contributed by atoms with Gasteiger partial charge in [0.25, 0.3) is 5.91 Å². The van der Waals surface area contributed by atoms with E-state index in [0.717, 1.165) is 41.3 Å². The molecule has 0 radical (unpaired) electrons. The minimum absolute atomic E-state index is 0.0905. The number of ether oxygens (including phenoxy) is 1. The number of benzene rings is 1. The Morgan fingerprint density at radius 3 is 2.78 bits per heavy atom. The van der Waals surface area contributed by atoms with E-state index in [1.54, 1.807) is 19.2 Å². The SMILES string of the molecule is CNC(=O)c1cc(Oc2ccc3nc(N(C(=O)C(C)C)[C@H]4CCCNC4)sc3c2)ccn1. The molecule has 0 saturated carbocycles. The van der Waals surface area contributed by atoms with Crippen LogP contribution in [-0.4, -0.2) is 48.0 Å². The van der Waals surface area contributed by atoms with Gasteiger partial charge in [-0.3, -0.25) is 19.5 Å². The van der Waals surface area contributed by atoms with Crippen molar-refractivity contribution in [2.45, 2.75) is 32.7 Å². The van der Waals surface area contributed by atoms with Crippen molar-refractivity contribution in [2.24, 2.45) is 5.92 Å². The topological polar surface area (TPSA) is 96.5 Å². The van der Waals surface area contributed by atoms with Crippen LogP contribution < -0.4 is 20.3 Å². The van der Waals surface area contributed by atoms with Gasteiger partial charge >= 0.3 is 0 Å². The number of nitrogens with zero attached hydrogens (tertiary/aromatic N) is 3. The molecule has 0 spiro atoms. The maximum Gasteiger partial charge on any atom is 0.269 e. The smallest absolute Gasteiger partial charge is 0.269 e. The lowest BCUT2D eigenvalue weighted by Gasteiger charge is -2.34. The number of piperidine rings is 1. The lowest BCUT2D eigenvalue weighted by Crippen LogP contribution is -2.50. The number of rotatable bonds is 6. The molecule has 2 N–H and O–H groups in total. The van der Waals surface area contributed by atoms with Gasteiger partial charge in [-0.2, -0.15) is 0 Å². The maximum atomic E-state index is 13.0. The number of carbonyl (C=O) groups excluding carboxylic acids is 2. The fourth-order valence-corrected chi connectivity index (χ4v) is 4.76. The van der Waals surface area contributed by atoms with Crippen LogP contribution in [0.1, 0.15) is 37.2 Å². The van der Waals surface area contributed by atoms with Crippen molar-refractivity contribution >= 4 is 38.5 Å². The van der Waals surface area contributed by atoms with E-state index in [4.69, 9.17) is 9.72 Å². The van der Waals surface area contributed by atoms with Gasteiger partial charge in [0.15, 0.2) is 5.13 Å². The largest absolute Gasteiger partial charge is 0.457 e. The lowest BCUT2D eigenvalue weighted by molar-refractivity contribution is -0.122. The first-order valence-electron chi connectivity index (χ1n) is 10.8. The zero-order chi connectivity index (χ0) is 22.7. The van der Waals surface area contributed by atoms with Crippen LogP contribution in [0.4, 0.5) is 5.13 Å². The second kappa shape index (κ2) is 9.62. The van der Waals surface area contributed by atoms with E-state index in [9.17, 15) is 9.59 Å². The molecule has 168 valence electrons. The number of pyridine rings is 1. The Balaban J connectivity index is 1.62. The second-order valence-corrected chi connectivity index (χ2v) is 9.06. The highest BCUT2D eigenvalue weighted by atomic mass is 32.1. The van der Waals surface area contributed by atoms with Crippen molar-refractivity contribution in [1.29, 1.82) is 0 Å². The zero-order valence-corrected chi connectivity index (χ0v) is 19.2. The first kappa shape index (κ1) is 22.2. The molecule has 1 fully saturated rings. The number of hydrogen-bond acceptors (Lipinski definition) is 7. The highest BCUT2D eigenvalue weighted by Gasteiger charge is 2.30. The molecule has 4 rings (SSSR count). The van der Waals surface area contributed by atoms with Crippen LogP contribution in [0.25, 0.3) is 10.2 Å². The number of aromatic nitrogens is 2. The van der Waals surface area contributed by atoms with E-state index in [-0.39, 0.29) is 29.5 Å². The fourth-order valence-electron chi connectivity index (χ4n) is 3.68. The van der Waals surface area contributed by atoms with Gasteiger partial charge in [0, 0.05) is 37.8 Å². The molecule has 1 saturated heterocycles. The summed E-state index contributed by atoms with van der Waals surface area (Å²) in [6, 6.07) is 9.04. The molecule has 0 unspecified atom stereocenters. The molecular weight excluding hydrogens is 426 g/mol. The lowest BCUT2D eigenvalue weighted by atomic mass is 10.0. The normalized spacial score (nSPS) is 16.2. The molecule has 1 aliphatic rings. The van der Waals surface area contributed by atoms with E-state index in [1.165, 1.54) is 17.5 Å². The Morgan fingerprint density at radius 1 is 1.25 bits per heavy atom. The van der Waals surface area contributed by atoms with Crippen LogP contribution in [0.5, 0.6) is 11.5 Å². The molecule has 3 heterocycles. The average molecular weight is 454 g/mol. The van der Waals surface area contributed by atoms with Gasteiger partial charge in [-0.25, -0.2) is 4.98 Å². The summed E-state index contributed by atoms with van der Waals surface area (Å²) in [4.78, 5) is 35.6. The molecule has 1 aliphatic heterocycles. The van der Waals surface area contributed by atoms with Gasteiger partial charge < -0.3 is 15.4 Å². The molecule has 3 aromatic rings. The molecule has 1 aromatic carbocycles. The Hall–Kier alpha value is -3.04. The minimum Gasteiger partial charge on any atom is -0.457 e. The van der Waals surface area contributed by atoms with Crippen LogP contribution >= 0.6 is 11.3 Å². The molecule has 0 aliphatic carbocycles. The van der Waals surface area contributed by atoms with Gasteiger partial charge in [0.05, 0.1) is 16.3 Å². The van der Waals surface area contributed by atoms with Crippen molar-refractivity contribution in [2.75, 3.05) is 25.0 Å². The first-order chi connectivity index (χ1) is 15.5. The Morgan fingerprint density at radius 2 is 2.06 bits per heavy atom. The standard InChI is InChI=1S/C23H27N5O3S/c1-14(2)22(30)28(15-5-4-9-25-13-15)23-27-18-7-6-16(12-20(18)32-23)31-17-8-10-26-19(11-17)21(29)24-3/h6-8,10-12,14-15,25H,4-5,9,13H2,1-3H3,(H,24,29)/t15-/m0/s1. The minimum atomic E-state index is -0.273. The summed E-state index contributed by atoms with van der Waals surface area (Å²) in [7, 11) is 1.56. The molecule has 1 atom stereocenters. The van der Waals surface area contributed by atoms with Crippen molar-refractivity contribution in [3.8, 4) is 11.5 Å². The Kier molecular flexibility index (Phi) is 6.66. The number of thiazole rings is 1. The van der Waals surface area contributed by atoms with E-state index in [0.29, 0.717) is 11.5 Å². The Labute approximate surface area is 191 Å². The molecule has 9 heteroatoms. The van der Waals surface area contributed by atoms with E-state index >= 15 is 0 Å². The number of hydrogen-bond donors (Lipinski definition) is 2. The van der Waals surface area contributed by atoms with Gasteiger partial charge in [0.1, 0.15) is 17.2 Å². The Bertz CT molecular complexity index is 1120. The fraction of sp³-hybridized carbons (Fsp3) is 0.391. The van der Waals surface area contributed by atoms with E-state index < -0.39 is 0 Å². The summed E-state index contributed by atoms with van der Waals surface area (Å²) in [5, 5.41) is 6.67. The maximum absolute atomic E-state index is 13.0. The predicted molar refractivity (Wildman–Crippen MR) is 126 cm³/mol. The van der Waals surface area contributed by atoms with Crippen molar-refractivity contribution in [3.05, 3.63) is 42.2 Å². The van der Waals surface area contributed by atoms with Gasteiger partial charge in [-0.05, 0) is 37.6 Å². The predicted octanol–water partition coefficient (Wildman–Crippen LogP) is 3.58. The third-order valence-corrected chi connectivity index (χ3v) is 6.37. The molecule has 0 bridgehead atoms. The summed E-state index contributed by atoms with van der Waals surface area (Å²) in [5.74, 6) is 0.859. The van der Waals surface area contributed by atoms with Gasteiger partial charge in [0.2, 0.25) is 5.91 Å². The monoisotopic (exact) mass is 453 g/mol. The summed E-state index contributed by atoms with van der Waals surface area (Å²) < 4.78 is 6.90. The highest BCUT2D eigenvalue weighted by molar-refractivity contribution is 7.22. The van der Waals surface area contributed by atoms with Crippen molar-refractivity contribution < 1.29 is 14.3 Å². The summed E-state index contributed by atoms with van der Waals surface area (Å²) in [6.07, 6.45) is 3.54. The number of anilines is 1. The summed E-state index contributed by atoms with van der Waals surface area (Å²) in [6.45, 7) is 5.61. The third kappa shape index (κ3) is 4.73. The quantitative estimate of drug-likeness (QED) is 0.592. The van der Waals surface area contributed by atoms with Crippen molar-refractivity contribution in [3.63, 3.8) is 0 Å². The molecule has 2 aromatic heterocycles. The van der Waals surface area contributed by atoms with Crippen LogP contribution in [-0.2, 0) is 4.79 Å². The average Bonchev–Trinajstić information content (AvgIpc) is 3.22. The van der Waals surface area contributed by atoms with Crippen LogP contribution in [0.2, 0.25) is 0 Å². The zero-order valence-electron chi connectivity index (χ0n) is 18.4. The molecule has 2 amide bonds. The number of amides is 2. The van der Waals surface area contributed by atoms with E-state index in [1.807, 2.05) is 36.9 Å². The molecular formula is C23H27N5O3S. The van der Waals surface area contributed by atoms with E-state index in [2.05, 4.69) is 15.6 Å². The third-order valence-electron chi connectivity index (χ3n) is 5.35. The number of carbonyl (C=O) groups is 2. The molecule has 8 nitrogen and oxygen atoms in total. The number of nitrogens with one attached hydrogen (secondary N) is 2. The van der Waals surface area contributed by atoms with Crippen molar-refractivity contribution in [1.82, 2.24) is 20.6 Å². The number of fused-ring (bicyclic) bond motifs is 1.